The molecule has 2 rings (SSSR count). The zero-order chi connectivity index (χ0) is 15.5. The number of nitrogens with zero attached hydrogens (tertiary/aromatic N) is 1. The molecule has 1 aromatic carbocycles. The number of hydrogen-bond acceptors (Lipinski definition) is 5. The molecule has 2 N–H and O–H groups in total. The fourth-order valence-corrected chi connectivity index (χ4v) is 3.45. The van der Waals surface area contributed by atoms with Crippen LogP contribution in [0.1, 0.15) is 25.7 Å². The Morgan fingerprint density at radius 1 is 1.14 bits per heavy atom. The molecule has 0 aromatic heterocycles. The van der Waals surface area contributed by atoms with Crippen LogP contribution < -0.4 is 10.0 Å². The van der Waals surface area contributed by atoms with Gasteiger partial charge in [-0.3, -0.25) is 10.1 Å². The van der Waals surface area contributed by atoms with Gasteiger partial charge in [0.15, 0.2) is 0 Å². The van der Waals surface area contributed by atoms with Gasteiger partial charge >= 0.3 is 0 Å². The minimum Gasteiger partial charge on any atom is -0.381 e. The summed E-state index contributed by atoms with van der Waals surface area (Å²) >= 11 is 0. The first-order valence-electron chi connectivity index (χ1n) is 6.83. The number of nitro benzene ring substituents is 1. The predicted octanol–water partition coefficient (Wildman–Crippen LogP) is 1.87. The van der Waals surface area contributed by atoms with Crippen LogP contribution in [0.25, 0.3) is 0 Å². The molecule has 0 saturated heterocycles. The molecule has 2 atom stereocenters. The van der Waals surface area contributed by atoms with Crippen LogP contribution in [0.4, 0.5) is 11.4 Å². The second kappa shape index (κ2) is 6.40. The lowest BCUT2D eigenvalue weighted by atomic mass is 9.91. The van der Waals surface area contributed by atoms with Crippen molar-refractivity contribution in [2.24, 2.45) is 0 Å². The second-order valence-electron chi connectivity index (χ2n) is 5.34. The molecule has 116 valence electrons. The molecule has 0 amide bonds. The van der Waals surface area contributed by atoms with Gasteiger partial charge in [0.2, 0.25) is 10.0 Å². The van der Waals surface area contributed by atoms with Crippen LogP contribution >= 0.6 is 0 Å². The van der Waals surface area contributed by atoms with Gasteiger partial charge in [0, 0.05) is 29.9 Å². The molecule has 1 aliphatic rings. The topological polar surface area (TPSA) is 101 Å². The third-order valence-corrected chi connectivity index (χ3v) is 4.29. The quantitative estimate of drug-likeness (QED) is 0.638. The first-order valence-corrected chi connectivity index (χ1v) is 8.72. The Labute approximate surface area is 123 Å². The predicted molar refractivity (Wildman–Crippen MR) is 80.7 cm³/mol. The van der Waals surface area contributed by atoms with Gasteiger partial charge in [0.1, 0.15) is 0 Å². The normalized spacial score (nSPS) is 22.7. The first-order chi connectivity index (χ1) is 9.85. The number of nitrogens with one attached hydrogen (secondary N) is 2. The van der Waals surface area contributed by atoms with E-state index in [1.165, 1.54) is 12.1 Å². The number of rotatable bonds is 5. The third kappa shape index (κ3) is 4.68. The Balaban J connectivity index is 2.06. The summed E-state index contributed by atoms with van der Waals surface area (Å²) in [5, 5.41) is 13.9. The summed E-state index contributed by atoms with van der Waals surface area (Å²) in [7, 11) is -3.25. The van der Waals surface area contributed by atoms with Crippen LogP contribution in [0.5, 0.6) is 0 Å². The van der Waals surface area contributed by atoms with E-state index in [0.717, 1.165) is 37.6 Å². The maximum absolute atomic E-state index is 11.4. The zero-order valence-corrected chi connectivity index (χ0v) is 12.6. The van der Waals surface area contributed by atoms with Crippen molar-refractivity contribution in [2.75, 3.05) is 11.6 Å². The van der Waals surface area contributed by atoms with Crippen molar-refractivity contribution in [1.82, 2.24) is 4.72 Å². The van der Waals surface area contributed by atoms with E-state index in [9.17, 15) is 18.5 Å². The Hall–Kier alpha value is -1.67. The molecule has 1 aromatic rings. The molecule has 7 nitrogen and oxygen atoms in total. The molecule has 1 aliphatic carbocycles. The highest BCUT2D eigenvalue weighted by atomic mass is 32.2. The standard InChI is InChI=1S/C13H19N3O4S/c1-21(19,20)15-13-5-3-2-4-12(13)14-10-6-8-11(9-7-10)16(17)18/h6-9,12-15H,2-5H2,1H3/t12-,13-/m1/s1. The smallest absolute Gasteiger partial charge is 0.269 e. The summed E-state index contributed by atoms with van der Waals surface area (Å²) in [5.41, 5.74) is 0.794. The van der Waals surface area contributed by atoms with Crippen molar-refractivity contribution in [1.29, 1.82) is 0 Å². The highest BCUT2D eigenvalue weighted by Crippen LogP contribution is 2.24. The number of anilines is 1. The molecular formula is C13H19N3O4S. The van der Waals surface area contributed by atoms with E-state index in [1.54, 1.807) is 12.1 Å². The van der Waals surface area contributed by atoms with Gasteiger partial charge in [-0.05, 0) is 25.0 Å². The molecule has 0 bridgehead atoms. The van der Waals surface area contributed by atoms with Gasteiger partial charge in [0.25, 0.3) is 5.69 Å². The molecule has 0 heterocycles. The van der Waals surface area contributed by atoms with E-state index < -0.39 is 14.9 Å². The van der Waals surface area contributed by atoms with Gasteiger partial charge in [-0.2, -0.15) is 0 Å². The van der Waals surface area contributed by atoms with Gasteiger partial charge in [0.05, 0.1) is 11.2 Å². The van der Waals surface area contributed by atoms with E-state index in [-0.39, 0.29) is 17.8 Å². The summed E-state index contributed by atoms with van der Waals surface area (Å²) in [6.45, 7) is 0. The SMILES string of the molecule is CS(=O)(=O)N[C@@H]1CCCC[C@H]1Nc1ccc([N+](=O)[O-])cc1. The van der Waals surface area contributed by atoms with Crippen molar-refractivity contribution in [2.45, 2.75) is 37.8 Å². The van der Waals surface area contributed by atoms with Crippen molar-refractivity contribution in [3.8, 4) is 0 Å². The summed E-state index contributed by atoms with van der Waals surface area (Å²) in [6.07, 6.45) is 4.84. The van der Waals surface area contributed by atoms with Crippen LogP contribution in [0, 0.1) is 10.1 Å². The van der Waals surface area contributed by atoms with Gasteiger partial charge < -0.3 is 5.32 Å². The lowest BCUT2D eigenvalue weighted by Gasteiger charge is -2.32. The molecule has 0 radical (unpaired) electrons. The fraction of sp³-hybridized carbons (Fsp3) is 0.538. The average Bonchev–Trinajstić information content (AvgIpc) is 2.40. The Bertz CT molecular complexity index is 600. The van der Waals surface area contributed by atoms with Gasteiger partial charge in [-0.1, -0.05) is 12.8 Å². The lowest BCUT2D eigenvalue weighted by molar-refractivity contribution is -0.384. The van der Waals surface area contributed by atoms with Crippen molar-refractivity contribution in [3.05, 3.63) is 34.4 Å². The van der Waals surface area contributed by atoms with Gasteiger partial charge in [-0.15, -0.1) is 0 Å². The monoisotopic (exact) mass is 313 g/mol. The summed E-state index contributed by atoms with van der Waals surface area (Å²) in [4.78, 5) is 10.2. The summed E-state index contributed by atoms with van der Waals surface area (Å²) < 4.78 is 25.5. The van der Waals surface area contributed by atoms with Crippen LogP contribution in [0.3, 0.4) is 0 Å². The Morgan fingerprint density at radius 2 is 1.71 bits per heavy atom. The van der Waals surface area contributed by atoms with E-state index >= 15 is 0 Å². The minimum absolute atomic E-state index is 0.00469. The Kier molecular flexibility index (Phi) is 4.79. The van der Waals surface area contributed by atoms with E-state index in [0.29, 0.717) is 0 Å². The summed E-state index contributed by atoms with van der Waals surface area (Å²) in [5.74, 6) is 0. The number of sulfonamides is 1. The molecular weight excluding hydrogens is 294 g/mol. The molecule has 1 fully saturated rings. The third-order valence-electron chi connectivity index (χ3n) is 3.56. The van der Waals surface area contributed by atoms with Crippen LogP contribution in [0.15, 0.2) is 24.3 Å². The maximum Gasteiger partial charge on any atom is 0.269 e. The van der Waals surface area contributed by atoms with Crippen molar-refractivity contribution >= 4 is 21.4 Å². The van der Waals surface area contributed by atoms with Crippen LogP contribution in [-0.4, -0.2) is 31.7 Å². The maximum atomic E-state index is 11.4. The molecule has 0 spiro atoms. The number of non-ortho nitro benzene ring substituents is 1. The average molecular weight is 313 g/mol. The van der Waals surface area contributed by atoms with E-state index in [4.69, 9.17) is 0 Å². The number of nitro groups is 1. The molecule has 0 unspecified atom stereocenters. The van der Waals surface area contributed by atoms with Crippen molar-refractivity contribution in [3.63, 3.8) is 0 Å². The van der Waals surface area contributed by atoms with Gasteiger partial charge in [-0.25, -0.2) is 13.1 Å². The van der Waals surface area contributed by atoms with E-state index in [1.807, 2.05) is 0 Å². The largest absolute Gasteiger partial charge is 0.381 e. The second-order valence-corrected chi connectivity index (χ2v) is 7.12. The molecule has 8 heteroatoms. The molecule has 21 heavy (non-hydrogen) atoms. The number of hydrogen-bond donors (Lipinski definition) is 2. The van der Waals surface area contributed by atoms with Crippen molar-refractivity contribution < 1.29 is 13.3 Å². The van der Waals surface area contributed by atoms with Crippen LogP contribution in [0.2, 0.25) is 0 Å². The first kappa shape index (κ1) is 15.7. The molecule has 1 saturated carbocycles. The number of benzene rings is 1. The minimum atomic E-state index is -3.25. The van der Waals surface area contributed by atoms with E-state index in [2.05, 4.69) is 10.0 Å². The highest BCUT2D eigenvalue weighted by Gasteiger charge is 2.27. The lowest BCUT2D eigenvalue weighted by Crippen LogP contribution is -2.48. The molecule has 0 aliphatic heterocycles. The Morgan fingerprint density at radius 3 is 2.24 bits per heavy atom. The summed E-state index contributed by atoms with van der Waals surface area (Å²) in [6, 6.07) is 6.00. The zero-order valence-electron chi connectivity index (χ0n) is 11.8. The van der Waals surface area contributed by atoms with Crippen LogP contribution in [-0.2, 0) is 10.0 Å². The fourth-order valence-electron chi connectivity index (χ4n) is 2.61. The highest BCUT2D eigenvalue weighted by molar-refractivity contribution is 7.88.